The summed E-state index contributed by atoms with van der Waals surface area (Å²) in [5.74, 6) is -1.22. The number of carbonyl (C=O) groups excluding carboxylic acids is 2. The quantitative estimate of drug-likeness (QED) is 0.0557. The van der Waals surface area contributed by atoms with Crippen molar-refractivity contribution in [3.05, 3.63) is 186 Å². The lowest BCUT2D eigenvalue weighted by molar-refractivity contribution is -0.213. The van der Waals surface area contributed by atoms with E-state index in [9.17, 15) is 20.1 Å². The molecule has 0 amide bonds. The summed E-state index contributed by atoms with van der Waals surface area (Å²) in [7, 11) is 1.52. The fraction of sp³-hybridized carbons (Fsp3) is 0.471. The van der Waals surface area contributed by atoms with E-state index in [1.165, 1.54) is 47.8 Å². The third kappa shape index (κ3) is 9.20. The van der Waals surface area contributed by atoms with Gasteiger partial charge in [0.1, 0.15) is 11.3 Å². The zero-order valence-electron chi connectivity index (χ0n) is 46.8. The van der Waals surface area contributed by atoms with Crippen LogP contribution in [0.5, 0.6) is 5.75 Å². The van der Waals surface area contributed by atoms with Crippen LogP contribution in [0, 0.1) is 29.6 Å². The average molecular weight is 1090 g/mol. The summed E-state index contributed by atoms with van der Waals surface area (Å²) < 4.78 is 33.8. The molecule has 4 heterocycles. The second kappa shape index (κ2) is 22.1. The first-order valence-corrected chi connectivity index (χ1v) is 30.1. The Hall–Kier alpha value is -6.37. The van der Waals surface area contributed by atoms with E-state index in [0.717, 1.165) is 56.1 Å². The lowest BCUT2D eigenvalue weighted by Gasteiger charge is -2.56. The maximum Gasteiger partial charge on any atom is 0.340 e. The normalized spacial score (nSPS) is 31.2. The summed E-state index contributed by atoms with van der Waals surface area (Å²) in [4.78, 5) is 45.8. The second-order valence-corrected chi connectivity index (χ2v) is 24.9. The Bertz CT molecular complexity index is 3450. The van der Waals surface area contributed by atoms with Crippen LogP contribution in [0.25, 0.3) is 17.0 Å². The van der Waals surface area contributed by atoms with Crippen LogP contribution in [-0.2, 0) is 48.7 Å². The molecule has 5 aromatic rings. The van der Waals surface area contributed by atoms with E-state index in [1.807, 2.05) is 6.07 Å². The van der Waals surface area contributed by atoms with Gasteiger partial charge >= 0.3 is 17.6 Å². The van der Waals surface area contributed by atoms with Crippen molar-refractivity contribution in [3.8, 4) is 5.75 Å². The van der Waals surface area contributed by atoms with Gasteiger partial charge in [-0.3, -0.25) is 4.79 Å². The van der Waals surface area contributed by atoms with E-state index in [0.29, 0.717) is 59.4 Å². The van der Waals surface area contributed by atoms with Crippen LogP contribution in [-0.4, -0.2) is 65.9 Å². The second-order valence-electron chi connectivity index (χ2n) is 24.9. The number of fused-ring (bicyclic) bond motifs is 11. The number of esters is 2. The van der Waals surface area contributed by atoms with E-state index in [2.05, 4.69) is 103 Å². The number of carbonyl (C=O) groups is 2. The van der Waals surface area contributed by atoms with Crippen LogP contribution in [0.3, 0.4) is 0 Å². The first-order chi connectivity index (χ1) is 39.6. The van der Waals surface area contributed by atoms with E-state index in [-0.39, 0.29) is 90.3 Å². The molecule has 13 rings (SSSR count). The first kappa shape index (κ1) is 53.9. The summed E-state index contributed by atoms with van der Waals surface area (Å²) in [6.07, 6.45) is 22.7. The molecule has 1 spiro atoms. The van der Waals surface area contributed by atoms with E-state index < -0.39 is 47.9 Å². The van der Waals surface area contributed by atoms with Crippen molar-refractivity contribution < 1.29 is 48.3 Å². The molecule has 4 aromatic carbocycles. The molecule has 2 fully saturated rings. The lowest BCUT2D eigenvalue weighted by atomic mass is 9.56. The highest BCUT2D eigenvalue weighted by Gasteiger charge is 2.63. The van der Waals surface area contributed by atoms with Gasteiger partial charge in [0.05, 0.1) is 25.4 Å². The molecule has 12 atom stereocenters. The van der Waals surface area contributed by atoms with Crippen molar-refractivity contribution in [1.29, 1.82) is 0 Å². The molecule has 0 unspecified atom stereocenters. The minimum Gasteiger partial charge on any atom is -0.482 e. The van der Waals surface area contributed by atoms with Gasteiger partial charge in [-0.25, -0.2) is 9.59 Å². The van der Waals surface area contributed by atoms with Crippen molar-refractivity contribution in [3.63, 3.8) is 0 Å². The molecular formula is C70H76O11. The van der Waals surface area contributed by atoms with Gasteiger partial charge in [0.25, 0.3) is 0 Å². The van der Waals surface area contributed by atoms with Crippen molar-refractivity contribution in [2.24, 2.45) is 29.6 Å². The average Bonchev–Trinajstić information content (AvgIpc) is 2.93. The number of ether oxygens (including phenoxy) is 4. The van der Waals surface area contributed by atoms with Crippen LogP contribution in [0.4, 0.5) is 0 Å². The van der Waals surface area contributed by atoms with Crippen molar-refractivity contribution in [1.82, 2.24) is 0 Å². The molecule has 8 aliphatic rings. The summed E-state index contributed by atoms with van der Waals surface area (Å²) in [5.41, 5.74) is 8.40. The molecule has 1 aromatic heterocycles. The Morgan fingerprint density at radius 1 is 0.815 bits per heavy atom. The standard InChI is InChI=1S/C70H76O11/c1-41(38-72)54-26-23-42-18-21-49-34-47(42)20-19-45-12-7-11-44-14-9-32-70(63(44)45)66(80-67(54)75)65(62-59(81-70)29-28-56-57(39-73)61(68(76)79-64(56)62)50(30-33-71)40-77-2)78-60(74)37-51-35-48(24-27-55(49)51)46-13-8-16-53(36-46)69-31-6-5-15-52(69)25-22-43-10-3-4-17-58(43)69/h3-4,8-10,13-14,16-18,21-22,24-25,27-29,34,36,44-45,48,50-52,55,63,65-66,71-73H,5-7,11-12,15,19-20,23,26,30-33,35,37-40H2,1-2H3/b54-41-/t44-,45+,48+,50-,51+,52-,55+,63-,65-,66+,69+,70+/m1/s1. The highest BCUT2D eigenvalue weighted by atomic mass is 16.6. The molecule has 5 bridgehead atoms. The third-order valence-corrected chi connectivity index (χ3v) is 20.8. The van der Waals surface area contributed by atoms with Gasteiger partial charge in [-0.2, -0.15) is 0 Å². The highest BCUT2D eigenvalue weighted by Crippen LogP contribution is 2.59. The molecule has 5 aliphatic carbocycles. The molecule has 3 N–H and O–H groups in total. The molecule has 2 saturated carbocycles. The summed E-state index contributed by atoms with van der Waals surface area (Å²) in [6, 6.07) is 28.6. The molecule has 422 valence electrons. The van der Waals surface area contributed by atoms with Gasteiger partial charge in [0, 0.05) is 72.2 Å². The zero-order valence-corrected chi connectivity index (χ0v) is 46.8. The molecule has 0 saturated heterocycles. The fourth-order valence-corrected chi connectivity index (χ4v) is 17.0. The largest absolute Gasteiger partial charge is 0.482 e. The first-order valence-electron chi connectivity index (χ1n) is 30.1. The Morgan fingerprint density at radius 3 is 2.56 bits per heavy atom. The predicted molar refractivity (Wildman–Crippen MR) is 310 cm³/mol. The number of rotatable bonds is 9. The number of methoxy groups -OCH3 is 1. The maximum absolute atomic E-state index is 15.8. The lowest BCUT2D eigenvalue weighted by Crippen LogP contribution is -2.64. The van der Waals surface area contributed by atoms with Gasteiger partial charge in [-0.05, 0) is 157 Å². The van der Waals surface area contributed by atoms with Gasteiger partial charge in [0.2, 0.25) is 0 Å². The number of hydrogen-bond acceptors (Lipinski definition) is 11. The molecule has 81 heavy (non-hydrogen) atoms. The van der Waals surface area contributed by atoms with Crippen LogP contribution in [0.15, 0.2) is 130 Å². The van der Waals surface area contributed by atoms with Gasteiger partial charge in [0.15, 0.2) is 17.8 Å². The van der Waals surface area contributed by atoms with Crippen LogP contribution < -0.4 is 10.4 Å². The molecular weight excluding hydrogens is 1020 g/mol. The van der Waals surface area contributed by atoms with Crippen molar-refractivity contribution >= 4 is 29.0 Å². The molecule has 11 heteroatoms. The number of aliphatic hydroxyl groups is 3. The third-order valence-electron chi connectivity index (χ3n) is 20.8. The number of benzene rings is 4. The van der Waals surface area contributed by atoms with Crippen molar-refractivity contribution in [2.45, 2.75) is 151 Å². The van der Waals surface area contributed by atoms with Crippen LogP contribution >= 0.6 is 0 Å². The van der Waals surface area contributed by atoms with Gasteiger partial charge in [-0.1, -0.05) is 122 Å². The van der Waals surface area contributed by atoms with Crippen LogP contribution in [0.1, 0.15) is 170 Å². The topological polar surface area (TPSA) is 162 Å². The zero-order chi connectivity index (χ0) is 55.6. The van der Waals surface area contributed by atoms with Gasteiger partial charge in [-0.15, -0.1) is 0 Å². The predicted octanol–water partition coefficient (Wildman–Crippen LogP) is 12.3. The minimum absolute atomic E-state index is 0.00478. The monoisotopic (exact) mass is 1090 g/mol. The van der Waals surface area contributed by atoms with Crippen molar-refractivity contribution in [2.75, 3.05) is 26.9 Å². The van der Waals surface area contributed by atoms with E-state index >= 15 is 9.59 Å². The molecule has 0 radical (unpaired) electrons. The SMILES string of the molecule is COC[C@@H](CCO)c1c(CO)c2ccc3c(c2oc1=O)[C@H]1OC(=O)C[C@@H]2C[C@@H](c4cccc([C@]56CCCC[C@@H]5C=Cc5ccccc56)c4)C=C[C@H]2c2ccc4c(c2)CC[C@@H]2CCC[C@@H]5C=CC[C@](O3)([C@@H]25)[C@H]1OC(=O)/C(=C(/C)CO)CC4. The molecule has 11 nitrogen and oxygen atoms in total. The summed E-state index contributed by atoms with van der Waals surface area (Å²) >= 11 is 0. The number of allylic oxidation sites excluding steroid dienone is 4. The minimum atomic E-state index is -1.32. The summed E-state index contributed by atoms with van der Waals surface area (Å²) in [5, 5.41) is 32.5. The Labute approximate surface area is 474 Å². The Morgan fingerprint density at radius 2 is 1.70 bits per heavy atom. The fourth-order valence-electron chi connectivity index (χ4n) is 17.0. The van der Waals surface area contributed by atoms with E-state index in [4.69, 9.17) is 23.4 Å². The smallest absolute Gasteiger partial charge is 0.340 e. The van der Waals surface area contributed by atoms with E-state index in [1.54, 1.807) is 13.0 Å². The van der Waals surface area contributed by atoms with Crippen LogP contribution in [0.2, 0.25) is 0 Å². The Kier molecular flexibility index (Phi) is 14.7. The number of hydrogen-bond donors (Lipinski definition) is 3. The maximum atomic E-state index is 15.8. The number of aryl methyl sites for hydroxylation is 2. The summed E-state index contributed by atoms with van der Waals surface area (Å²) in [6.45, 7) is 0.747. The van der Waals surface area contributed by atoms with Gasteiger partial charge < -0.3 is 38.7 Å². The molecule has 3 aliphatic heterocycles. The highest BCUT2D eigenvalue weighted by molar-refractivity contribution is 5.90. The Balaban J connectivity index is 0.989. The number of aliphatic hydroxyl groups excluding tert-OH is 3.